The van der Waals surface area contributed by atoms with Gasteiger partial charge in [0, 0.05) is 18.2 Å². The van der Waals surface area contributed by atoms with Gasteiger partial charge in [-0.2, -0.15) is 31.1 Å². The average molecular weight is 558 g/mol. The Bertz CT molecular complexity index is 1240. The lowest BCUT2D eigenvalue weighted by Gasteiger charge is -2.25. The first-order valence-corrected chi connectivity index (χ1v) is 12.5. The summed E-state index contributed by atoms with van der Waals surface area (Å²) in [5.41, 5.74) is -2.62. The van der Waals surface area contributed by atoms with E-state index in [1.54, 1.807) is 0 Å². The second-order valence-electron chi connectivity index (χ2n) is 9.98. The van der Waals surface area contributed by atoms with E-state index in [4.69, 9.17) is 0 Å². The summed E-state index contributed by atoms with van der Waals surface area (Å²) >= 11 is 0. The Balaban J connectivity index is 1.66. The van der Waals surface area contributed by atoms with E-state index in [2.05, 4.69) is 25.7 Å². The van der Waals surface area contributed by atoms with Crippen molar-refractivity contribution in [1.29, 1.82) is 0 Å². The summed E-state index contributed by atoms with van der Waals surface area (Å²) in [4.78, 5) is 6.80. The SMILES string of the molecule is CC(CC1CCCC1)Nc1ncc(O)cc1CN(Cc1cc(C(F)(F)F)cc(C(F)(F)F)c1)c1nnn(C)n1. The van der Waals surface area contributed by atoms with Crippen LogP contribution in [0.25, 0.3) is 0 Å². The van der Waals surface area contributed by atoms with Crippen LogP contribution in [0.1, 0.15) is 61.3 Å². The summed E-state index contributed by atoms with van der Waals surface area (Å²) in [6, 6.07) is 2.91. The van der Waals surface area contributed by atoms with E-state index in [9.17, 15) is 31.4 Å². The molecular formula is C25H29F6N7O. The van der Waals surface area contributed by atoms with Crippen molar-refractivity contribution in [3.05, 3.63) is 52.7 Å². The number of hydrogen-bond acceptors (Lipinski definition) is 7. The minimum atomic E-state index is -4.98. The standard InChI is InChI=1S/C25H29F6N7O/c1-15(7-16-5-3-4-6-16)33-22-18(10-21(39)12-32-22)14-38(23-34-36-37(2)35-23)13-17-8-19(24(26,27)28)11-20(9-17)25(29,30)31/h8-12,15-16,39H,3-7,13-14H2,1-2H3,(H,32,33). The Labute approximate surface area is 221 Å². The minimum Gasteiger partial charge on any atom is -0.506 e. The van der Waals surface area contributed by atoms with Crippen molar-refractivity contribution in [2.24, 2.45) is 13.0 Å². The van der Waals surface area contributed by atoms with Crippen molar-refractivity contribution < 1.29 is 31.4 Å². The number of benzene rings is 1. The maximum absolute atomic E-state index is 13.4. The number of alkyl halides is 6. The van der Waals surface area contributed by atoms with Crippen molar-refractivity contribution in [3.8, 4) is 5.75 Å². The normalized spacial score (nSPS) is 15.5. The van der Waals surface area contributed by atoms with Gasteiger partial charge in [0.05, 0.1) is 30.9 Å². The number of aryl methyl sites for hydroxylation is 1. The molecule has 0 bridgehead atoms. The van der Waals surface area contributed by atoms with E-state index in [0.29, 0.717) is 29.4 Å². The van der Waals surface area contributed by atoms with Crippen molar-refractivity contribution in [2.45, 2.75) is 70.5 Å². The van der Waals surface area contributed by atoms with E-state index < -0.39 is 30.0 Å². The highest BCUT2D eigenvalue weighted by Gasteiger charge is 2.37. The first-order chi connectivity index (χ1) is 18.3. The zero-order valence-electron chi connectivity index (χ0n) is 21.4. The van der Waals surface area contributed by atoms with Crippen LogP contribution in [-0.4, -0.2) is 36.3 Å². The summed E-state index contributed by atoms with van der Waals surface area (Å²) in [5.74, 6) is 0.866. The Morgan fingerprint density at radius 3 is 2.23 bits per heavy atom. The molecule has 1 saturated carbocycles. The molecule has 1 fully saturated rings. The number of rotatable bonds is 9. The first-order valence-electron chi connectivity index (χ1n) is 12.5. The zero-order chi connectivity index (χ0) is 28.4. The average Bonchev–Trinajstić information content (AvgIpc) is 3.51. The van der Waals surface area contributed by atoms with Gasteiger partial charge < -0.3 is 15.3 Å². The Morgan fingerprint density at radius 1 is 1.03 bits per heavy atom. The Morgan fingerprint density at radius 2 is 1.67 bits per heavy atom. The quantitative estimate of drug-likeness (QED) is 0.315. The predicted molar refractivity (Wildman–Crippen MR) is 131 cm³/mol. The van der Waals surface area contributed by atoms with Gasteiger partial charge in [-0.25, -0.2) is 4.98 Å². The summed E-state index contributed by atoms with van der Waals surface area (Å²) in [7, 11) is 1.48. The van der Waals surface area contributed by atoms with Crippen LogP contribution in [0.15, 0.2) is 30.5 Å². The van der Waals surface area contributed by atoms with Crippen molar-refractivity contribution in [3.63, 3.8) is 0 Å². The molecule has 4 rings (SSSR count). The van der Waals surface area contributed by atoms with Crippen LogP contribution in [0.3, 0.4) is 0 Å². The maximum atomic E-state index is 13.4. The molecule has 2 N–H and O–H groups in total. The van der Waals surface area contributed by atoms with Gasteiger partial charge in [-0.3, -0.25) is 0 Å². The number of anilines is 2. The van der Waals surface area contributed by atoms with E-state index in [1.165, 1.54) is 37.1 Å². The van der Waals surface area contributed by atoms with Crippen LogP contribution in [0.4, 0.5) is 38.1 Å². The molecule has 2 heterocycles. The zero-order valence-corrected chi connectivity index (χ0v) is 21.4. The topological polar surface area (TPSA) is 92.0 Å². The first kappa shape index (κ1) is 28.4. The third kappa shape index (κ3) is 7.51. The Hall–Kier alpha value is -3.58. The van der Waals surface area contributed by atoms with Crippen molar-refractivity contribution in [2.75, 3.05) is 10.2 Å². The molecule has 14 heteroatoms. The fourth-order valence-electron chi connectivity index (χ4n) is 4.92. The number of nitrogens with one attached hydrogen (secondary N) is 1. The fourth-order valence-corrected chi connectivity index (χ4v) is 4.92. The van der Waals surface area contributed by atoms with Gasteiger partial charge in [0.15, 0.2) is 0 Å². The van der Waals surface area contributed by atoms with Crippen LogP contribution in [0.2, 0.25) is 0 Å². The lowest BCUT2D eigenvalue weighted by Crippen LogP contribution is -2.26. The number of nitrogens with zero attached hydrogens (tertiary/aromatic N) is 6. The largest absolute Gasteiger partial charge is 0.506 e. The molecule has 0 amide bonds. The highest BCUT2D eigenvalue weighted by molar-refractivity contribution is 5.50. The third-order valence-electron chi connectivity index (χ3n) is 6.66. The molecule has 1 aliphatic rings. The molecule has 8 nitrogen and oxygen atoms in total. The van der Waals surface area contributed by atoms with Gasteiger partial charge >= 0.3 is 12.4 Å². The molecule has 0 saturated heterocycles. The number of aromatic hydroxyl groups is 1. The van der Waals surface area contributed by atoms with Crippen LogP contribution in [0, 0.1) is 5.92 Å². The van der Waals surface area contributed by atoms with Gasteiger partial charge in [-0.15, -0.1) is 5.10 Å². The number of tetrazole rings is 1. The third-order valence-corrected chi connectivity index (χ3v) is 6.66. The molecule has 3 aromatic rings. The maximum Gasteiger partial charge on any atom is 0.416 e. The number of hydrogen-bond donors (Lipinski definition) is 2. The van der Waals surface area contributed by atoms with Crippen LogP contribution >= 0.6 is 0 Å². The summed E-state index contributed by atoms with van der Waals surface area (Å²) in [5, 5.41) is 25.2. The lowest BCUT2D eigenvalue weighted by molar-refractivity contribution is -0.143. The predicted octanol–water partition coefficient (Wildman–Crippen LogP) is 5.94. The number of aromatic nitrogens is 5. The molecule has 1 aliphatic carbocycles. The molecule has 1 unspecified atom stereocenters. The minimum absolute atomic E-state index is 0.0169. The molecule has 212 valence electrons. The van der Waals surface area contributed by atoms with Crippen LogP contribution in [-0.2, 0) is 32.5 Å². The molecule has 0 radical (unpaired) electrons. The van der Waals surface area contributed by atoms with E-state index in [-0.39, 0.29) is 35.9 Å². The number of pyridine rings is 1. The molecular weight excluding hydrogens is 528 g/mol. The van der Waals surface area contributed by atoms with Gasteiger partial charge in [0.25, 0.3) is 5.95 Å². The summed E-state index contributed by atoms with van der Waals surface area (Å²) < 4.78 is 80.7. The second-order valence-corrected chi connectivity index (χ2v) is 9.98. The van der Waals surface area contributed by atoms with E-state index in [1.807, 2.05) is 6.92 Å². The molecule has 2 aromatic heterocycles. The fraction of sp³-hybridized carbons (Fsp3) is 0.520. The molecule has 0 spiro atoms. The van der Waals surface area contributed by atoms with E-state index in [0.717, 1.165) is 24.1 Å². The van der Waals surface area contributed by atoms with Crippen molar-refractivity contribution in [1.82, 2.24) is 25.2 Å². The van der Waals surface area contributed by atoms with Gasteiger partial charge in [0.1, 0.15) is 11.6 Å². The monoisotopic (exact) mass is 557 g/mol. The van der Waals surface area contributed by atoms with Crippen LogP contribution < -0.4 is 10.2 Å². The molecule has 0 aliphatic heterocycles. The second kappa shape index (κ2) is 11.3. The van der Waals surface area contributed by atoms with Crippen LogP contribution in [0.5, 0.6) is 5.75 Å². The smallest absolute Gasteiger partial charge is 0.416 e. The van der Waals surface area contributed by atoms with Gasteiger partial charge in [-0.05, 0) is 54.3 Å². The van der Waals surface area contributed by atoms with Gasteiger partial charge in [-0.1, -0.05) is 30.8 Å². The molecule has 1 atom stereocenters. The molecule has 1 aromatic carbocycles. The molecule has 39 heavy (non-hydrogen) atoms. The Kier molecular flexibility index (Phi) is 8.21. The highest BCUT2D eigenvalue weighted by atomic mass is 19.4. The van der Waals surface area contributed by atoms with Crippen molar-refractivity contribution >= 4 is 11.8 Å². The lowest BCUT2D eigenvalue weighted by atomic mass is 9.99. The van der Waals surface area contributed by atoms with E-state index >= 15 is 0 Å². The summed E-state index contributed by atoms with van der Waals surface area (Å²) in [6.07, 6.45) is -3.06. The van der Waals surface area contributed by atoms with Gasteiger partial charge in [0.2, 0.25) is 0 Å². The summed E-state index contributed by atoms with van der Waals surface area (Å²) in [6.45, 7) is 1.54. The number of halogens is 6. The highest BCUT2D eigenvalue weighted by Crippen LogP contribution is 2.37.